The predicted octanol–water partition coefficient (Wildman–Crippen LogP) is 0.785. The van der Waals surface area contributed by atoms with E-state index in [1.807, 2.05) is 18.2 Å². The number of nitrogens with one attached hydrogen (secondary N) is 2. The molecule has 0 spiro atoms. The largest absolute Gasteiger partial charge is 0.486 e. The summed E-state index contributed by atoms with van der Waals surface area (Å²) in [6, 6.07) is 5.06. The summed E-state index contributed by atoms with van der Waals surface area (Å²) in [7, 11) is 0. The van der Waals surface area contributed by atoms with Gasteiger partial charge in [0.25, 0.3) is 0 Å². The molecule has 0 aromatic heterocycles. The van der Waals surface area contributed by atoms with Crippen LogP contribution in [0.25, 0.3) is 0 Å². The van der Waals surface area contributed by atoms with E-state index in [-0.39, 0.29) is 18.2 Å². The number of benzene rings is 1. The van der Waals surface area contributed by atoms with E-state index in [2.05, 4.69) is 10.6 Å². The summed E-state index contributed by atoms with van der Waals surface area (Å²) < 4.78 is 11.0. The molecule has 2 aliphatic heterocycles. The van der Waals surface area contributed by atoms with Crippen LogP contribution in [0.3, 0.4) is 0 Å². The first-order valence-electron chi connectivity index (χ1n) is 7.68. The summed E-state index contributed by atoms with van der Waals surface area (Å²) in [5.41, 5.74) is 0.843. The topological polar surface area (TPSA) is 76.7 Å². The van der Waals surface area contributed by atoms with Crippen molar-refractivity contribution in [2.24, 2.45) is 0 Å². The van der Waals surface area contributed by atoms with Gasteiger partial charge in [0.2, 0.25) is 11.8 Å². The number of fused-ring (bicyclic) bond motifs is 1. The summed E-state index contributed by atoms with van der Waals surface area (Å²) in [5.74, 6) is 1.13. The molecule has 1 aromatic carbocycles. The predicted molar refractivity (Wildman–Crippen MR) is 79.9 cm³/mol. The normalized spacial score (nSPS) is 20.7. The number of hydrogen-bond acceptors (Lipinski definition) is 4. The van der Waals surface area contributed by atoms with Crippen LogP contribution in [-0.2, 0) is 16.0 Å². The van der Waals surface area contributed by atoms with Crippen LogP contribution in [0.2, 0.25) is 0 Å². The van der Waals surface area contributed by atoms with E-state index in [1.165, 1.54) is 0 Å². The molecule has 2 N–H and O–H groups in total. The molecule has 1 aromatic rings. The van der Waals surface area contributed by atoms with Crippen LogP contribution in [0.4, 0.5) is 0 Å². The Morgan fingerprint density at radius 3 is 2.91 bits per heavy atom. The number of rotatable bonds is 3. The summed E-state index contributed by atoms with van der Waals surface area (Å²) in [6.07, 6.45) is 2.81. The second kappa shape index (κ2) is 6.68. The molecular weight excluding hydrogens is 284 g/mol. The second-order valence-electron chi connectivity index (χ2n) is 5.56. The molecule has 1 fully saturated rings. The highest BCUT2D eigenvalue weighted by atomic mass is 16.6. The van der Waals surface area contributed by atoms with Crippen LogP contribution in [0.1, 0.15) is 24.8 Å². The van der Waals surface area contributed by atoms with Crippen molar-refractivity contribution in [3.05, 3.63) is 23.8 Å². The number of amides is 2. The number of carbonyl (C=O) groups is 2. The lowest BCUT2D eigenvalue weighted by Gasteiger charge is -2.19. The van der Waals surface area contributed by atoms with Gasteiger partial charge in [-0.05, 0) is 37.0 Å². The standard InChI is InChI=1S/C16H20N2O4/c19-15(18-12-3-1-2-6-17-16(12)20)10-11-4-5-13-14(9-11)22-8-7-21-13/h4-5,9,12H,1-3,6-8,10H2,(H,17,20)(H,18,19)/t12-/m1/s1. The van der Waals surface area contributed by atoms with Gasteiger partial charge in [-0.25, -0.2) is 0 Å². The van der Waals surface area contributed by atoms with Crippen molar-refractivity contribution in [2.45, 2.75) is 31.7 Å². The molecule has 2 heterocycles. The van der Waals surface area contributed by atoms with Crippen molar-refractivity contribution in [3.8, 4) is 11.5 Å². The van der Waals surface area contributed by atoms with E-state index in [1.54, 1.807) is 0 Å². The van der Waals surface area contributed by atoms with Gasteiger partial charge in [-0.2, -0.15) is 0 Å². The molecule has 0 aliphatic carbocycles. The van der Waals surface area contributed by atoms with Crippen molar-refractivity contribution < 1.29 is 19.1 Å². The SMILES string of the molecule is O=C(Cc1ccc2c(c1)OCCO2)N[C@@H]1CCCCNC1=O. The van der Waals surface area contributed by atoms with Gasteiger partial charge in [-0.1, -0.05) is 6.07 Å². The van der Waals surface area contributed by atoms with E-state index in [0.29, 0.717) is 37.7 Å². The molecule has 6 nitrogen and oxygen atoms in total. The molecule has 0 radical (unpaired) electrons. The Balaban J connectivity index is 1.60. The minimum absolute atomic E-state index is 0.0898. The third kappa shape index (κ3) is 3.50. The van der Waals surface area contributed by atoms with Crippen molar-refractivity contribution in [3.63, 3.8) is 0 Å². The van der Waals surface area contributed by atoms with Crippen LogP contribution in [0.5, 0.6) is 11.5 Å². The first-order valence-corrected chi connectivity index (χ1v) is 7.68. The first kappa shape index (κ1) is 14.7. The monoisotopic (exact) mass is 304 g/mol. The van der Waals surface area contributed by atoms with Crippen LogP contribution < -0.4 is 20.1 Å². The number of ether oxygens (including phenoxy) is 2. The van der Waals surface area contributed by atoms with Gasteiger partial charge >= 0.3 is 0 Å². The third-order valence-corrected chi connectivity index (χ3v) is 3.84. The van der Waals surface area contributed by atoms with Crippen molar-refractivity contribution in [1.29, 1.82) is 0 Å². The second-order valence-corrected chi connectivity index (χ2v) is 5.56. The van der Waals surface area contributed by atoms with Crippen molar-refractivity contribution in [1.82, 2.24) is 10.6 Å². The molecule has 0 unspecified atom stereocenters. The first-order chi connectivity index (χ1) is 10.7. The maximum absolute atomic E-state index is 12.1. The Bertz CT molecular complexity index is 573. The smallest absolute Gasteiger partial charge is 0.242 e. The minimum Gasteiger partial charge on any atom is -0.486 e. The Morgan fingerprint density at radius 1 is 1.23 bits per heavy atom. The third-order valence-electron chi connectivity index (χ3n) is 3.84. The van der Waals surface area contributed by atoms with Gasteiger partial charge in [0.1, 0.15) is 19.3 Å². The molecule has 3 rings (SSSR count). The molecule has 2 aliphatic rings. The fraction of sp³-hybridized carbons (Fsp3) is 0.500. The molecule has 1 saturated heterocycles. The van der Waals surface area contributed by atoms with E-state index in [9.17, 15) is 9.59 Å². The lowest BCUT2D eigenvalue weighted by atomic mass is 10.1. The Hall–Kier alpha value is -2.24. The molecule has 0 saturated carbocycles. The van der Waals surface area contributed by atoms with Gasteiger partial charge in [0, 0.05) is 6.54 Å². The van der Waals surface area contributed by atoms with Crippen LogP contribution in [0.15, 0.2) is 18.2 Å². The Kier molecular flexibility index (Phi) is 4.46. The zero-order chi connectivity index (χ0) is 15.4. The van der Waals surface area contributed by atoms with Crippen LogP contribution in [0, 0.1) is 0 Å². The minimum atomic E-state index is -0.424. The summed E-state index contributed by atoms with van der Waals surface area (Å²) in [4.78, 5) is 24.0. The molecule has 6 heteroatoms. The van der Waals surface area contributed by atoms with Crippen molar-refractivity contribution in [2.75, 3.05) is 19.8 Å². The Morgan fingerprint density at radius 2 is 2.05 bits per heavy atom. The fourth-order valence-corrected chi connectivity index (χ4v) is 2.71. The maximum atomic E-state index is 12.1. The van der Waals surface area contributed by atoms with Gasteiger partial charge in [-0.15, -0.1) is 0 Å². The molecule has 2 amide bonds. The summed E-state index contributed by atoms with van der Waals surface area (Å²) >= 11 is 0. The zero-order valence-corrected chi connectivity index (χ0v) is 12.4. The quantitative estimate of drug-likeness (QED) is 0.865. The molecular formula is C16H20N2O4. The van der Waals surface area contributed by atoms with Crippen molar-refractivity contribution >= 4 is 11.8 Å². The molecule has 22 heavy (non-hydrogen) atoms. The van der Waals surface area contributed by atoms with E-state index in [0.717, 1.165) is 18.4 Å². The van der Waals surface area contributed by atoms with Gasteiger partial charge < -0.3 is 20.1 Å². The maximum Gasteiger partial charge on any atom is 0.242 e. The van der Waals surface area contributed by atoms with E-state index >= 15 is 0 Å². The Labute approximate surface area is 129 Å². The fourth-order valence-electron chi connectivity index (χ4n) is 2.71. The van der Waals surface area contributed by atoms with Gasteiger partial charge in [-0.3, -0.25) is 9.59 Å². The molecule has 1 atom stereocenters. The molecule has 118 valence electrons. The summed E-state index contributed by atoms with van der Waals surface area (Å²) in [5, 5.41) is 5.63. The van der Waals surface area contributed by atoms with Gasteiger partial charge in [0.15, 0.2) is 11.5 Å². The van der Waals surface area contributed by atoms with Crippen LogP contribution in [-0.4, -0.2) is 37.6 Å². The average Bonchev–Trinajstić information content (AvgIpc) is 2.72. The highest BCUT2D eigenvalue weighted by Crippen LogP contribution is 2.30. The summed E-state index contributed by atoms with van der Waals surface area (Å²) in [6.45, 7) is 1.75. The lowest BCUT2D eigenvalue weighted by Crippen LogP contribution is -2.45. The highest BCUT2D eigenvalue weighted by Gasteiger charge is 2.22. The highest BCUT2D eigenvalue weighted by molar-refractivity contribution is 5.88. The molecule has 0 bridgehead atoms. The van der Waals surface area contributed by atoms with E-state index in [4.69, 9.17) is 9.47 Å². The number of hydrogen-bond donors (Lipinski definition) is 2. The van der Waals surface area contributed by atoms with Crippen LogP contribution >= 0.6 is 0 Å². The average molecular weight is 304 g/mol. The lowest BCUT2D eigenvalue weighted by molar-refractivity contribution is -0.128. The zero-order valence-electron chi connectivity index (χ0n) is 12.4. The van der Waals surface area contributed by atoms with Gasteiger partial charge in [0.05, 0.1) is 6.42 Å². The van der Waals surface area contributed by atoms with E-state index < -0.39 is 6.04 Å². The number of carbonyl (C=O) groups excluding carboxylic acids is 2.